The van der Waals surface area contributed by atoms with Gasteiger partial charge in [0, 0.05) is 43.3 Å². The van der Waals surface area contributed by atoms with Gasteiger partial charge in [-0.2, -0.15) is 0 Å². The highest BCUT2D eigenvalue weighted by Gasteiger charge is 2.39. The van der Waals surface area contributed by atoms with Gasteiger partial charge in [-0.15, -0.1) is 0 Å². The summed E-state index contributed by atoms with van der Waals surface area (Å²) in [5.41, 5.74) is 3.19. The number of hydrogen-bond donors (Lipinski definition) is 1. The van der Waals surface area contributed by atoms with Crippen molar-refractivity contribution in [1.29, 1.82) is 0 Å². The summed E-state index contributed by atoms with van der Waals surface area (Å²) in [7, 11) is 0. The standard InChI is InChI=1S/C25H27ClFN3O3/c1-16-9-19(24(10-23(16)26)28-17(2)31)5-8-25(32)29-12-21-14-33-15-22(13-29)30(21)11-18-3-6-20(27)7-4-18/h3-10,21-22H,11-15H2,1-2H3,(H,28,31). The highest BCUT2D eigenvalue weighted by Crippen LogP contribution is 2.27. The Kier molecular flexibility index (Phi) is 7.12. The fraction of sp³-hybridized carbons (Fsp3) is 0.360. The predicted octanol–water partition coefficient (Wildman–Crippen LogP) is 3.87. The van der Waals surface area contributed by atoms with Crippen LogP contribution >= 0.6 is 11.6 Å². The van der Waals surface area contributed by atoms with Crippen molar-refractivity contribution in [3.8, 4) is 0 Å². The van der Waals surface area contributed by atoms with E-state index in [-0.39, 0.29) is 29.7 Å². The zero-order chi connectivity index (χ0) is 23.5. The molecule has 33 heavy (non-hydrogen) atoms. The van der Waals surface area contributed by atoms with Crippen LogP contribution in [0.3, 0.4) is 0 Å². The number of carbonyl (C=O) groups excluding carboxylic acids is 2. The molecule has 2 atom stereocenters. The summed E-state index contributed by atoms with van der Waals surface area (Å²) in [4.78, 5) is 28.8. The molecule has 0 aliphatic carbocycles. The molecule has 8 heteroatoms. The number of hydrogen-bond acceptors (Lipinski definition) is 4. The average molecular weight is 472 g/mol. The summed E-state index contributed by atoms with van der Waals surface area (Å²) in [6.45, 7) is 6.21. The topological polar surface area (TPSA) is 61.9 Å². The Morgan fingerprint density at radius 2 is 1.85 bits per heavy atom. The van der Waals surface area contributed by atoms with Crippen molar-refractivity contribution in [2.75, 3.05) is 31.6 Å². The number of nitrogens with zero attached hydrogens (tertiary/aromatic N) is 2. The van der Waals surface area contributed by atoms with E-state index < -0.39 is 0 Å². The highest BCUT2D eigenvalue weighted by atomic mass is 35.5. The maximum absolute atomic E-state index is 13.2. The number of fused-ring (bicyclic) bond motifs is 2. The molecule has 0 saturated carbocycles. The van der Waals surface area contributed by atoms with E-state index in [1.165, 1.54) is 19.1 Å². The molecule has 2 amide bonds. The third-order valence-electron chi connectivity index (χ3n) is 6.06. The molecule has 2 saturated heterocycles. The number of rotatable bonds is 5. The normalized spacial score (nSPS) is 20.8. The summed E-state index contributed by atoms with van der Waals surface area (Å²) in [6, 6.07) is 10.2. The van der Waals surface area contributed by atoms with Gasteiger partial charge in [-0.05, 0) is 54.0 Å². The number of carbonyl (C=O) groups is 2. The third-order valence-corrected chi connectivity index (χ3v) is 6.47. The van der Waals surface area contributed by atoms with Crippen LogP contribution in [-0.4, -0.2) is 60.0 Å². The molecule has 2 aromatic rings. The maximum Gasteiger partial charge on any atom is 0.246 e. The number of benzene rings is 2. The van der Waals surface area contributed by atoms with Crippen molar-refractivity contribution in [2.24, 2.45) is 0 Å². The quantitative estimate of drug-likeness (QED) is 0.672. The number of ether oxygens (including phenoxy) is 1. The Balaban J connectivity index is 1.46. The zero-order valence-corrected chi connectivity index (χ0v) is 19.4. The van der Waals surface area contributed by atoms with Crippen LogP contribution < -0.4 is 5.32 Å². The number of anilines is 1. The predicted molar refractivity (Wildman–Crippen MR) is 126 cm³/mol. The van der Waals surface area contributed by atoms with Crippen LogP contribution in [0.15, 0.2) is 42.5 Å². The molecule has 2 heterocycles. The number of aryl methyl sites for hydroxylation is 1. The number of morpholine rings is 1. The van der Waals surface area contributed by atoms with Crippen molar-refractivity contribution in [3.63, 3.8) is 0 Å². The van der Waals surface area contributed by atoms with Crippen LogP contribution in [0.2, 0.25) is 5.02 Å². The number of piperazine rings is 1. The zero-order valence-electron chi connectivity index (χ0n) is 18.7. The molecule has 1 N–H and O–H groups in total. The second-order valence-corrected chi connectivity index (χ2v) is 9.00. The molecule has 0 aromatic heterocycles. The van der Waals surface area contributed by atoms with E-state index in [4.69, 9.17) is 16.3 Å². The average Bonchev–Trinajstić information content (AvgIpc) is 2.76. The van der Waals surface area contributed by atoms with Gasteiger partial charge in [0.05, 0.1) is 25.3 Å². The van der Waals surface area contributed by atoms with Gasteiger partial charge >= 0.3 is 0 Å². The van der Waals surface area contributed by atoms with Crippen LogP contribution in [0, 0.1) is 12.7 Å². The van der Waals surface area contributed by atoms with Gasteiger partial charge in [0.25, 0.3) is 0 Å². The lowest BCUT2D eigenvalue weighted by Gasteiger charge is -2.49. The van der Waals surface area contributed by atoms with Crippen LogP contribution in [-0.2, 0) is 20.9 Å². The Morgan fingerprint density at radius 1 is 1.18 bits per heavy atom. The summed E-state index contributed by atoms with van der Waals surface area (Å²) >= 11 is 6.20. The largest absolute Gasteiger partial charge is 0.378 e. The van der Waals surface area contributed by atoms with Gasteiger partial charge in [-0.1, -0.05) is 23.7 Å². The minimum Gasteiger partial charge on any atom is -0.378 e. The summed E-state index contributed by atoms with van der Waals surface area (Å²) < 4.78 is 19.0. The lowest BCUT2D eigenvalue weighted by molar-refractivity contribution is -0.141. The SMILES string of the molecule is CC(=O)Nc1cc(Cl)c(C)cc1C=CC(=O)N1CC2COCC(C1)N2Cc1ccc(F)cc1. The number of amides is 2. The van der Waals surface area contributed by atoms with Crippen LogP contribution in [0.4, 0.5) is 10.1 Å². The van der Waals surface area contributed by atoms with Crippen molar-refractivity contribution in [2.45, 2.75) is 32.5 Å². The maximum atomic E-state index is 13.2. The second kappa shape index (κ2) is 10.0. The van der Waals surface area contributed by atoms with Crippen molar-refractivity contribution >= 4 is 35.2 Å². The molecule has 2 fully saturated rings. The number of nitrogens with one attached hydrogen (secondary N) is 1. The molecule has 174 valence electrons. The fourth-order valence-electron chi connectivity index (χ4n) is 4.37. The Bertz CT molecular complexity index is 1060. The monoisotopic (exact) mass is 471 g/mol. The third kappa shape index (κ3) is 5.61. The van der Waals surface area contributed by atoms with E-state index in [2.05, 4.69) is 10.2 Å². The van der Waals surface area contributed by atoms with Crippen LogP contribution in [0.1, 0.15) is 23.6 Å². The van der Waals surface area contributed by atoms with E-state index in [1.807, 2.05) is 17.9 Å². The first kappa shape index (κ1) is 23.4. The second-order valence-electron chi connectivity index (χ2n) is 8.59. The van der Waals surface area contributed by atoms with Gasteiger partial charge in [-0.3, -0.25) is 14.5 Å². The Hall–Kier alpha value is -2.74. The molecule has 2 aliphatic heterocycles. The molecule has 6 nitrogen and oxygen atoms in total. The van der Waals surface area contributed by atoms with Crippen molar-refractivity contribution < 1.29 is 18.7 Å². The summed E-state index contributed by atoms with van der Waals surface area (Å²) in [5, 5.41) is 3.31. The molecule has 2 aliphatic rings. The molecule has 0 radical (unpaired) electrons. The van der Waals surface area contributed by atoms with Crippen LogP contribution in [0.25, 0.3) is 6.08 Å². The van der Waals surface area contributed by atoms with E-state index in [9.17, 15) is 14.0 Å². The fourth-order valence-corrected chi connectivity index (χ4v) is 4.54. The van der Waals surface area contributed by atoms with Gasteiger partial charge in [0.1, 0.15) is 5.82 Å². The molecule has 4 rings (SSSR count). The smallest absolute Gasteiger partial charge is 0.246 e. The highest BCUT2D eigenvalue weighted by molar-refractivity contribution is 6.31. The van der Waals surface area contributed by atoms with Crippen LogP contribution in [0.5, 0.6) is 0 Å². The van der Waals surface area contributed by atoms with Gasteiger partial charge in [0.2, 0.25) is 11.8 Å². The van der Waals surface area contributed by atoms with E-state index in [0.717, 1.165) is 16.7 Å². The first-order valence-electron chi connectivity index (χ1n) is 10.9. The molecule has 2 bridgehead atoms. The number of halogens is 2. The lowest BCUT2D eigenvalue weighted by Crippen LogP contribution is -2.64. The molecule has 0 spiro atoms. The Morgan fingerprint density at radius 3 is 2.48 bits per heavy atom. The van der Waals surface area contributed by atoms with Gasteiger partial charge in [0.15, 0.2) is 0 Å². The van der Waals surface area contributed by atoms with E-state index in [0.29, 0.717) is 43.6 Å². The van der Waals surface area contributed by atoms with E-state index in [1.54, 1.807) is 30.4 Å². The van der Waals surface area contributed by atoms with Gasteiger partial charge in [-0.25, -0.2) is 4.39 Å². The lowest BCUT2D eigenvalue weighted by atomic mass is 10.0. The molecular formula is C25H27ClFN3O3. The van der Waals surface area contributed by atoms with E-state index >= 15 is 0 Å². The van der Waals surface area contributed by atoms with Gasteiger partial charge < -0.3 is 15.0 Å². The minimum atomic E-state index is -0.248. The molecule has 2 unspecified atom stereocenters. The molecular weight excluding hydrogens is 445 g/mol. The summed E-state index contributed by atoms with van der Waals surface area (Å²) in [6.07, 6.45) is 3.26. The molecule has 2 aromatic carbocycles. The van der Waals surface area contributed by atoms with Crippen molar-refractivity contribution in [3.05, 3.63) is 70.0 Å². The minimum absolute atomic E-state index is 0.0765. The summed E-state index contributed by atoms with van der Waals surface area (Å²) in [5.74, 6) is -0.544. The van der Waals surface area contributed by atoms with Crippen molar-refractivity contribution in [1.82, 2.24) is 9.80 Å². The first-order chi connectivity index (χ1) is 15.8. The Labute approximate surface area is 198 Å². The first-order valence-corrected chi connectivity index (χ1v) is 11.3.